The molecule has 0 bridgehead atoms. The minimum atomic E-state index is -0.677. The molecule has 1 aliphatic carbocycles. The molecule has 5 nitrogen and oxygen atoms in total. The van der Waals surface area contributed by atoms with Crippen molar-refractivity contribution in [1.29, 1.82) is 5.26 Å². The Morgan fingerprint density at radius 1 is 1.29 bits per heavy atom. The summed E-state index contributed by atoms with van der Waals surface area (Å²) in [4.78, 5) is 24.1. The van der Waals surface area contributed by atoms with Crippen LogP contribution < -0.4 is 10.9 Å². The largest absolute Gasteiger partial charge is 0.422 e. The van der Waals surface area contributed by atoms with E-state index in [2.05, 4.69) is 11.4 Å². The van der Waals surface area contributed by atoms with Crippen molar-refractivity contribution in [3.8, 4) is 6.07 Å². The van der Waals surface area contributed by atoms with Gasteiger partial charge in [-0.15, -0.1) is 0 Å². The van der Waals surface area contributed by atoms with Gasteiger partial charge in [0.25, 0.3) is 5.91 Å². The highest BCUT2D eigenvalue weighted by atomic mass is 16.4. The maximum Gasteiger partial charge on any atom is 0.349 e. The number of carbonyl (C=O) groups is 1. The van der Waals surface area contributed by atoms with Crippen LogP contribution in [0.5, 0.6) is 0 Å². The van der Waals surface area contributed by atoms with Crippen molar-refractivity contribution in [2.75, 3.05) is 0 Å². The lowest BCUT2D eigenvalue weighted by Crippen LogP contribution is -2.27. The first kappa shape index (κ1) is 13.1. The first-order valence-corrected chi connectivity index (χ1v) is 6.65. The number of allylic oxidation sites excluding steroid dienone is 2. The number of nitrogens with one attached hydrogen (secondary N) is 1. The zero-order valence-corrected chi connectivity index (χ0v) is 11.2. The summed E-state index contributed by atoms with van der Waals surface area (Å²) in [5, 5.41) is 12.3. The molecule has 1 aromatic heterocycles. The second-order valence-corrected chi connectivity index (χ2v) is 4.86. The van der Waals surface area contributed by atoms with Gasteiger partial charge < -0.3 is 9.73 Å². The monoisotopic (exact) mass is 280 g/mol. The lowest BCUT2D eigenvalue weighted by atomic mass is 10.1. The fraction of sp³-hybridized carbons (Fsp3) is 0.188. The Morgan fingerprint density at radius 2 is 2.10 bits per heavy atom. The van der Waals surface area contributed by atoms with E-state index in [1.807, 2.05) is 0 Å². The number of amides is 1. The minimum absolute atomic E-state index is 0.0506. The van der Waals surface area contributed by atoms with Crippen molar-refractivity contribution < 1.29 is 9.21 Å². The molecular formula is C16H12N2O3. The number of para-hydroxylation sites is 1. The van der Waals surface area contributed by atoms with Gasteiger partial charge in [0.2, 0.25) is 0 Å². The van der Waals surface area contributed by atoms with E-state index in [-0.39, 0.29) is 5.56 Å². The van der Waals surface area contributed by atoms with Crippen LogP contribution in [0.1, 0.15) is 29.6 Å². The molecule has 1 amide bonds. The normalized spacial score (nSPS) is 14.2. The van der Waals surface area contributed by atoms with Gasteiger partial charge in [-0.25, -0.2) is 4.79 Å². The first-order chi connectivity index (χ1) is 10.2. The van der Waals surface area contributed by atoms with Crippen molar-refractivity contribution in [1.82, 2.24) is 5.32 Å². The number of rotatable bonds is 2. The van der Waals surface area contributed by atoms with Crippen LogP contribution in [0.25, 0.3) is 11.0 Å². The average Bonchev–Trinajstić information content (AvgIpc) is 2.93. The van der Waals surface area contributed by atoms with Crippen molar-refractivity contribution >= 4 is 16.9 Å². The molecule has 104 valence electrons. The average molecular weight is 280 g/mol. The van der Waals surface area contributed by atoms with E-state index in [0.29, 0.717) is 35.1 Å². The molecule has 1 aliphatic rings. The van der Waals surface area contributed by atoms with E-state index >= 15 is 0 Å². The van der Waals surface area contributed by atoms with Crippen molar-refractivity contribution in [2.24, 2.45) is 0 Å². The number of hydrogen-bond acceptors (Lipinski definition) is 4. The molecule has 0 spiro atoms. The quantitative estimate of drug-likeness (QED) is 0.857. The molecule has 0 radical (unpaired) electrons. The van der Waals surface area contributed by atoms with Crippen LogP contribution in [0.3, 0.4) is 0 Å². The van der Waals surface area contributed by atoms with Crippen LogP contribution in [0.2, 0.25) is 0 Å². The number of benzene rings is 1. The summed E-state index contributed by atoms with van der Waals surface area (Å²) in [6, 6.07) is 10.6. The van der Waals surface area contributed by atoms with E-state index in [9.17, 15) is 9.59 Å². The molecule has 0 saturated carbocycles. The number of carbonyl (C=O) groups excluding carboxylic acids is 1. The fourth-order valence-corrected chi connectivity index (χ4v) is 2.43. The van der Waals surface area contributed by atoms with E-state index in [4.69, 9.17) is 9.68 Å². The molecule has 0 atom stereocenters. The van der Waals surface area contributed by atoms with Gasteiger partial charge in [0.05, 0.1) is 6.07 Å². The predicted molar refractivity (Wildman–Crippen MR) is 76.4 cm³/mol. The number of hydrogen-bond donors (Lipinski definition) is 1. The zero-order valence-electron chi connectivity index (χ0n) is 11.2. The number of fused-ring (bicyclic) bond motifs is 1. The lowest BCUT2D eigenvalue weighted by Gasteiger charge is -2.06. The molecule has 3 rings (SSSR count). The molecule has 2 aromatic rings. The summed E-state index contributed by atoms with van der Waals surface area (Å²) >= 11 is 0. The summed E-state index contributed by atoms with van der Waals surface area (Å²) in [6.45, 7) is 0. The van der Waals surface area contributed by atoms with Gasteiger partial charge in [0.1, 0.15) is 11.1 Å². The maximum atomic E-state index is 12.2. The molecule has 1 N–H and O–H groups in total. The molecule has 0 saturated heterocycles. The minimum Gasteiger partial charge on any atom is -0.422 e. The Labute approximate surface area is 120 Å². The predicted octanol–water partition coefficient (Wildman–Crippen LogP) is 2.48. The summed E-state index contributed by atoms with van der Waals surface area (Å²) in [7, 11) is 0. The molecule has 0 aliphatic heterocycles. The van der Waals surface area contributed by atoms with Gasteiger partial charge >= 0.3 is 5.63 Å². The van der Waals surface area contributed by atoms with E-state index in [0.717, 1.165) is 6.42 Å². The van der Waals surface area contributed by atoms with Gasteiger partial charge in [-0.2, -0.15) is 5.26 Å². The Kier molecular flexibility index (Phi) is 3.28. The SMILES string of the molecule is N#CC1=C(NC(=O)c2cc3ccccc3oc2=O)CCC1. The highest BCUT2D eigenvalue weighted by Gasteiger charge is 2.19. The summed E-state index contributed by atoms with van der Waals surface area (Å²) in [5.41, 5.74) is 0.897. The van der Waals surface area contributed by atoms with Gasteiger partial charge in [-0.1, -0.05) is 18.2 Å². The Morgan fingerprint density at radius 3 is 2.90 bits per heavy atom. The van der Waals surface area contributed by atoms with Crippen LogP contribution in [0, 0.1) is 11.3 Å². The van der Waals surface area contributed by atoms with Crippen LogP contribution >= 0.6 is 0 Å². The number of nitriles is 1. The van der Waals surface area contributed by atoms with Crippen LogP contribution in [0.4, 0.5) is 0 Å². The standard InChI is InChI=1S/C16H12N2O3/c17-9-11-5-3-6-13(11)18-15(19)12-8-10-4-1-2-7-14(10)21-16(12)20/h1-2,4,7-8H,3,5-6H2,(H,18,19). The second-order valence-electron chi connectivity index (χ2n) is 4.86. The van der Waals surface area contributed by atoms with Gasteiger partial charge in [-0.3, -0.25) is 4.79 Å². The van der Waals surface area contributed by atoms with Gasteiger partial charge in [0, 0.05) is 16.7 Å². The number of nitrogens with zero attached hydrogens (tertiary/aromatic N) is 1. The highest BCUT2D eigenvalue weighted by Crippen LogP contribution is 2.23. The van der Waals surface area contributed by atoms with Crippen LogP contribution in [-0.4, -0.2) is 5.91 Å². The molecule has 5 heteroatoms. The summed E-state index contributed by atoms with van der Waals surface area (Å²) < 4.78 is 5.13. The molecule has 0 fully saturated rings. The van der Waals surface area contributed by atoms with Crippen LogP contribution in [-0.2, 0) is 0 Å². The Bertz CT molecular complexity index is 856. The third kappa shape index (κ3) is 2.43. The van der Waals surface area contributed by atoms with Crippen molar-refractivity contribution in [3.63, 3.8) is 0 Å². The van der Waals surface area contributed by atoms with E-state index in [1.165, 1.54) is 6.07 Å². The smallest absolute Gasteiger partial charge is 0.349 e. The molecule has 1 heterocycles. The second kappa shape index (κ2) is 5.25. The van der Waals surface area contributed by atoms with E-state index < -0.39 is 11.5 Å². The van der Waals surface area contributed by atoms with Crippen molar-refractivity contribution in [2.45, 2.75) is 19.3 Å². The van der Waals surface area contributed by atoms with E-state index in [1.54, 1.807) is 24.3 Å². The molecular weight excluding hydrogens is 268 g/mol. The van der Waals surface area contributed by atoms with Crippen molar-refractivity contribution in [3.05, 3.63) is 57.6 Å². The maximum absolute atomic E-state index is 12.2. The lowest BCUT2D eigenvalue weighted by molar-refractivity contribution is 0.0961. The Balaban J connectivity index is 1.97. The molecule has 0 unspecified atom stereocenters. The van der Waals surface area contributed by atoms with Gasteiger partial charge in [0.15, 0.2) is 0 Å². The highest BCUT2D eigenvalue weighted by molar-refractivity contribution is 5.97. The van der Waals surface area contributed by atoms with Gasteiger partial charge in [-0.05, 0) is 31.4 Å². The zero-order chi connectivity index (χ0) is 14.8. The third-order valence-electron chi connectivity index (χ3n) is 3.50. The summed E-state index contributed by atoms with van der Waals surface area (Å²) in [5.74, 6) is -0.529. The van der Waals surface area contributed by atoms with Crippen LogP contribution in [0.15, 0.2) is 50.8 Å². The topological polar surface area (TPSA) is 83.1 Å². The molecule has 1 aromatic carbocycles. The molecule has 21 heavy (non-hydrogen) atoms. The third-order valence-corrected chi connectivity index (χ3v) is 3.50. The first-order valence-electron chi connectivity index (χ1n) is 6.65. The Hall–Kier alpha value is -2.87. The fourth-order valence-electron chi connectivity index (χ4n) is 2.43. The summed E-state index contributed by atoms with van der Waals surface area (Å²) in [6.07, 6.45) is 2.15.